The Kier molecular flexibility index (Phi) is 8.20. The van der Waals surface area contributed by atoms with Gasteiger partial charge in [-0.25, -0.2) is 5.01 Å². The summed E-state index contributed by atoms with van der Waals surface area (Å²) < 4.78 is 47.3. The fraction of sp³-hybridized carbons (Fsp3) is 0.231. The molecule has 2 heterocycles. The van der Waals surface area contributed by atoms with Crippen LogP contribution in [0.1, 0.15) is 34.8 Å². The first-order chi connectivity index (χ1) is 18.2. The summed E-state index contributed by atoms with van der Waals surface area (Å²) in [6.45, 7) is 2.06. The molecule has 0 spiro atoms. The fourth-order valence-corrected chi connectivity index (χ4v) is 4.63. The number of amides is 2. The molecule has 0 bridgehead atoms. The highest BCUT2D eigenvalue weighted by Crippen LogP contribution is 2.36. The van der Waals surface area contributed by atoms with Crippen LogP contribution in [0.3, 0.4) is 0 Å². The number of carbonyl (C=O) groups is 2. The van der Waals surface area contributed by atoms with Gasteiger partial charge < -0.3 is 14.8 Å². The van der Waals surface area contributed by atoms with Crippen molar-refractivity contribution in [2.24, 2.45) is 5.10 Å². The van der Waals surface area contributed by atoms with Crippen LogP contribution in [-0.2, 0) is 6.54 Å². The van der Waals surface area contributed by atoms with Gasteiger partial charge in [0.05, 0.1) is 24.6 Å². The number of carbonyl (C=O) groups excluding carboxylic acids is 2. The molecule has 2 aromatic carbocycles. The summed E-state index contributed by atoms with van der Waals surface area (Å²) >= 11 is 1.10. The van der Waals surface area contributed by atoms with E-state index in [1.54, 1.807) is 36.4 Å². The van der Waals surface area contributed by atoms with E-state index in [0.29, 0.717) is 28.9 Å². The van der Waals surface area contributed by atoms with Crippen LogP contribution in [0.15, 0.2) is 72.1 Å². The van der Waals surface area contributed by atoms with Crippen LogP contribution in [-0.4, -0.2) is 45.6 Å². The van der Waals surface area contributed by atoms with Gasteiger partial charge in [0, 0.05) is 29.2 Å². The molecule has 0 fully saturated rings. The number of hydrazone groups is 1. The Labute approximate surface area is 220 Å². The number of anilines is 1. The molecule has 2 amide bonds. The van der Waals surface area contributed by atoms with Crippen molar-refractivity contribution >= 4 is 34.3 Å². The predicted molar refractivity (Wildman–Crippen MR) is 137 cm³/mol. The van der Waals surface area contributed by atoms with E-state index in [0.717, 1.165) is 17.3 Å². The molecule has 4 rings (SSSR count). The van der Waals surface area contributed by atoms with Crippen molar-refractivity contribution in [2.75, 3.05) is 12.4 Å². The van der Waals surface area contributed by atoms with Crippen LogP contribution in [0.5, 0.6) is 11.5 Å². The average Bonchev–Trinajstić information content (AvgIpc) is 2.90. The van der Waals surface area contributed by atoms with Crippen LogP contribution in [0.25, 0.3) is 0 Å². The quantitative estimate of drug-likeness (QED) is 0.369. The highest BCUT2D eigenvalue weighted by molar-refractivity contribution is 8.14. The standard InChI is InChI=1S/C26H23F3N4O4S/c1-3-22-23(18-6-9-20(21(14-18)36-2)37-26(27,28)29)32-33(25(35)38-22)15-16-4-7-19(8-5-16)31-24(34)17-10-12-30-13-11-17/h4-14,22H,3,15H2,1-2H3,(H,31,34). The Morgan fingerprint density at radius 1 is 1.08 bits per heavy atom. The van der Waals surface area contributed by atoms with Crippen molar-refractivity contribution in [2.45, 2.75) is 31.5 Å². The minimum Gasteiger partial charge on any atom is -0.493 e. The van der Waals surface area contributed by atoms with Crippen LogP contribution in [0.2, 0.25) is 0 Å². The second kappa shape index (κ2) is 11.5. The number of nitrogens with zero attached hydrogens (tertiary/aromatic N) is 3. The molecule has 0 radical (unpaired) electrons. The van der Waals surface area contributed by atoms with E-state index in [1.807, 2.05) is 6.92 Å². The summed E-state index contributed by atoms with van der Waals surface area (Å²) in [6.07, 6.45) is -1.22. The zero-order valence-electron chi connectivity index (χ0n) is 20.4. The van der Waals surface area contributed by atoms with Gasteiger partial charge in [0.15, 0.2) is 11.5 Å². The lowest BCUT2D eigenvalue weighted by Gasteiger charge is -2.28. The maximum absolute atomic E-state index is 12.8. The maximum Gasteiger partial charge on any atom is 0.573 e. The molecule has 0 saturated carbocycles. The SMILES string of the molecule is CCC1SC(=O)N(Cc2ccc(NC(=O)c3ccncc3)cc2)N=C1c1ccc(OC(F)(F)F)c(OC)c1. The molecular formula is C26H23F3N4O4S. The van der Waals surface area contributed by atoms with E-state index in [4.69, 9.17) is 4.74 Å². The third kappa shape index (κ3) is 6.62. The van der Waals surface area contributed by atoms with Gasteiger partial charge in [0.1, 0.15) is 0 Å². The van der Waals surface area contributed by atoms with E-state index in [-0.39, 0.29) is 28.7 Å². The highest BCUT2D eigenvalue weighted by atomic mass is 32.2. The first-order valence-electron chi connectivity index (χ1n) is 11.5. The second-order valence-electron chi connectivity index (χ2n) is 8.12. The zero-order chi connectivity index (χ0) is 27.3. The average molecular weight is 545 g/mol. The topological polar surface area (TPSA) is 93.1 Å². The Morgan fingerprint density at radius 2 is 1.79 bits per heavy atom. The molecule has 0 aliphatic carbocycles. The van der Waals surface area contributed by atoms with Crippen LogP contribution in [0.4, 0.5) is 23.7 Å². The Balaban J connectivity index is 1.53. The summed E-state index contributed by atoms with van der Waals surface area (Å²) in [4.78, 5) is 29.0. The lowest BCUT2D eigenvalue weighted by Crippen LogP contribution is -2.34. The van der Waals surface area contributed by atoms with Gasteiger partial charge in [0.2, 0.25) is 0 Å². The fourth-order valence-electron chi connectivity index (χ4n) is 3.70. The van der Waals surface area contributed by atoms with Gasteiger partial charge in [-0.3, -0.25) is 14.6 Å². The van der Waals surface area contributed by atoms with E-state index in [2.05, 4.69) is 20.1 Å². The summed E-state index contributed by atoms with van der Waals surface area (Å²) in [7, 11) is 1.25. The molecule has 8 nitrogen and oxygen atoms in total. The molecule has 1 aromatic heterocycles. The molecule has 1 N–H and O–H groups in total. The van der Waals surface area contributed by atoms with E-state index in [1.165, 1.54) is 42.7 Å². The van der Waals surface area contributed by atoms with Gasteiger partial charge in [-0.1, -0.05) is 30.8 Å². The smallest absolute Gasteiger partial charge is 0.493 e. The minimum absolute atomic E-state index is 0.102. The number of ether oxygens (including phenoxy) is 2. The number of methoxy groups -OCH3 is 1. The summed E-state index contributed by atoms with van der Waals surface area (Å²) in [5.41, 5.74) is 2.88. The number of benzene rings is 2. The van der Waals surface area contributed by atoms with Gasteiger partial charge in [-0.15, -0.1) is 13.2 Å². The summed E-state index contributed by atoms with van der Waals surface area (Å²) in [5.74, 6) is -0.843. The van der Waals surface area contributed by atoms with Crippen LogP contribution in [0, 0.1) is 0 Å². The van der Waals surface area contributed by atoms with Crippen molar-refractivity contribution in [3.8, 4) is 11.5 Å². The number of hydrogen-bond acceptors (Lipinski definition) is 7. The first-order valence-corrected chi connectivity index (χ1v) is 12.4. The second-order valence-corrected chi connectivity index (χ2v) is 9.28. The number of rotatable bonds is 8. The molecule has 0 saturated heterocycles. The lowest BCUT2D eigenvalue weighted by atomic mass is 10.0. The molecule has 12 heteroatoms. The molecule has 198 valence electrons. The van der Waals surface area contributed by atoms with E-state index >= 15 is 0 Å². The molecule has 1 aliphatic heterocycles. The van der Waals surface area contributed by atoms with Crippen LogP contribution >= 0.6 is 11.8 Å². The molecular weight excluding hydrogens is 521 g/mol. The van der Waals surface area contributed by atoms with Gasteiger partial charge in [-0.2, -0.15) is 5.10 Å². The van der Waals surface area contributed by atoms with E-state index < -0.39 is 12.1 Å². The number of thioether (sulfide) groups is 1. The largest absolute Gasteiger partial charge is 0.573 e. The summed E-state index contributed by atoms with van der Waals surface area (Å²) in [5, 5.41) is 8.12. The molecule has 3 aromatic rings. The zero-order valence-corrected chi connectivity index (χ0v) is 21.2. The minimum atomic E-state index is -4.86. The first kappa shape index (κ1) is 27.0. The van der Waals surface area contributed by atoms with Crippen molar-refractivity contribution in [1.29, 1.82) is 0 Å². The van der Waals surface area contributed by atoms with Gasteiger partial charge in [-0.05, 0) is 54.4 Å². The number of nitrogens with one attached hydrogen (secondary N) is 1. The maximum atomic E-state index is 12.8. The monoisotopic (exact) mass is 544 g/mol. The molecule has 1 unspecified atom stereocenters. The Bertz CT molecular complexity index is 1330. The lowest BCUT2D eigenvalue weighted by molar-refractivity contribution is -0.275. The third-order valence-electron chi connectivity index (χ3n) is 5.53. The van der Waals surface area contributed by atoms with Crippen molar-refractivity contribution in [3.63, 3.8) is 0 Å². The molecule has 38 heavy (non-hydrogen) atoms. The van der Waals surface area contributed by atoms with Crippen molar-refractivity contribution in [1.82, 2.24) is 9.99 Å². The number of alkyl halides is 3. The molecule has 1 atom stereocenters. The van der Waals surface area contributed by atoms with Crippen molar-refractivity contribution in [3.05, 3.63) is 83.7 Å². The number of aromatic nitrogens is 1. The van der Waals surface area contributed by atoms with E-state index in [9.17, 15) is 22.8 Å². The van der Waals surface area contributed by atoms with Gasteiger partial charge >= 0.3 is 11.6 Å². The highest BCUT2D eigenvalue weighted by Gasteiger charge is 2.34. The third-order valence-corrected chi connectivity index (χ3v) is 6.78. The summed E-state index contributed by atoms with van der Waals surface area (Å²) in [6, 6.07) is 14.2. The number of halogens is 3. The number of pyridine rings is 1. The molecule has 1 aliphatic rings. The Hall–Kier alpha value is -4.06. The van der Waals surface area contributed by atoms with Gasteiger partial charge in [0.25, 0.3) is 5.91 Å². The Morgan fingerprint density at radius 3 is 2.42 bits per heavy atom. The number of hydrogen-bond donors (Lipinski definition) is 1. The predicted octanol–water partition coefficient (Wildman–Crippen LogP) is 6.09. The normalized spacial score (nSPS) is 15.6. The van der Waals surface area contributed by atoms with Crippen LogP contribution < -0.4 is 14.8 Å². The van der Waals surface area contributed by atoms with Crippen molar-refractivity contribution < 1.29 is 32.2 Å².